The fourth-order valence-corrected chi connectivity index (χ4v) is 3.09. The molecule has 0 bridgehead atoms. The van der Waals surface area contributed by atoms with E-state index in [9.17, 15) is 14.7 Å². The van der Waals surface area contributed by atoms with Crippen LogP contribution in [0.3, 0.4) is 0 Å². The van der Waals surface area contributed by atoms with Crippen LogP contribution in [0.4, 0.5) is 5.69 Å². The van der Waals surface area contributed by atoms with Crippen molar-refractivity contribution in [3.8, 4) is 0 Å². The quantitative estimate of drug-likeness (QED) is 0.631. The van der Waals surface area contributed by atoms with Crippen LogP contribution in [0, 0.1) is 6.92 Å². The van der Waals surface area contributed by atoms with E-state index in [2.05, 4.69) is 10.3 Å². The molecule has 2 aromatic carbocycles. The van der Waals surface area contributed by atoms with Gasteiger partial charge in [-0.1, -0.05) is 18.2 Å². The van der Waals surface area contributed by atoms with Crippen LogP contribution in [0.25, 0.3) is 22.6 Å². The van der Waals surface area contributed by atoms with Crippen LogP contribution in [0.2, 0.25) is 0 Å². The van der Waals surface area contributed by atoms with Crippen molar-refractivity contribution in [2.24, 2.45) is 0 Å². The van der Waals surface area contributed by atoms with Crippen LogP contribution in [0.1, 0.15) is 27.2 Å². The molecule has 0 radical (unpaired) electrons. The number of carboxylic acids is 1. The molecule has 3 aromatic rings. The van der Waals surface area contributed by atoms with E-state index >= 15 is 0 Å². The van der Waals surface area contributed by atoms with E-state index in [4.69, 9.17) is 0 Å². The Morgan fingerprint density at radius 3 is 2.75 bits per heavy atom. The maximum absolute atomic E-state index is 12.3. The van der Waals surface area contributed by atoms with Gasteiger partial charge in [0.2, 0.25) is 0 Å². The first kappa shape index (κ1) is 14.3. The number of hydrogen-bond donors (Lipinski definition) is 3. The number of hydrogen-bond acceptors (Lipinski definition) is 2. The summed E-state index contributed by atoms with van der Waals surface area (Å²) in [5.74, 6) is -1.24. The predicted octanol–water partition coefficient (Wildman–Crippen LogP) is 3.67. The maximum Gasteiger partial charge on any atom is 0.335 e. The number of carbonyl (C=O) groups excluding carboxylic acids is 1. The first-order valence-corrected chi connectivity index (χ1v) is 7.52. The fourth-order valence-electron chi connectivity index (χ4n) is 3.09. The standard InChI is InChI=1S/C19H14N2O3/c1-10-13(12-4-2-3-5-16(12)20-10)9-15-14-8-11(19(23)24)6-7-17(14)21-18(15)22/h2-9,20H,1H3,(H,21,22)(H,23,24). The van der Waals surface area contributed by atoms with Crippen molar-refractivity contribution in [1.29, 1.82) is 0 Å². The zero-order valence-electron chi connectivity index (χ0n) is 12.9. The van der Waals surface area contributed by atoms with Gasteiger partial charge >= 0.3 is 5.97 Å². The molecule has 0 saturated heterocycles. The van der Waals surface area contributed by atoms with Crippen molar-refractivity contribution in [3.63, 3.8) is 0 Å². The molecule has 0 unspecified atom stereocenters. The number of aromatic amines is 1. The fraction of sp³-hybridized carbons (Fsp3) is 0.0526. The Bertz CT molecular complexity index is 1040. The van der Waals surface area contributed by atoms with Crippen molar-refractivity contribution in [3.05, 3.63) is 64.8 Å². The van der Waals surface area contributed by atoms with Gasteiger partial charge in [0.25, 0.3) is 5.91 Å². The second-order valence-corrected chi connectivity index (χ2v) is 5.79. The minimum Gasteiger partial charge on any atom is -0.478 e. The van der Waals surface area contributed by atoms with Gasteiger partial charge in [-0.2, -0.15) is 0 Å². The van der Waals surface area contributed by atoms with Gasteiger partial charge < -0.3 is 15.4 Å². The number of anilines is 1. The summed E-state index contributed by atoms with van der Waals surface area (Å²) in [5.41, 5.74) is 4.77. The van der Waals surface area contributed by atoms with E-state index in [0.29, 0.717) is 16.8 Å². The lowest BCUT2D eigenvalue weighted by Gasteiger charge is -2.01. The van der Waals surface area contributed by atoms with Gasteiger partial charge in [0, 0.05) is 39.0 Å². The molecule has 2 heterocycles. The number of amides is 1. The summed E-state index contributed by atoms with van der Waals surface area (Å²) in [7, 11) is 0. The van der Waals surface area contributed by atoms with Gasteiger partial charge in [0.05, 0.1) is 5.56 Å². The van der Waals surface area contributed by atoms with Gasteiger partial charge in [0.1, 0.15) is 0 Å². The lowest BCUT2D eigenvalue weighted by molar-refractivity contribution is -0.110. The van der Waals surface area contributed by atoms with Gasteiger partial charge in [-0.25, -0.2) is 4.79 Å². The number of para-hydroxylation sites is 1. The third kappa shape index (κ3) is 2.10. The molecule has 1 amide bonds. The molecule has 0 aliphatic carbocycles. The minimum atomic E-state index is -1.01. The highest BCUT2D eigenvalue weighted by Gasteiger charge is 2.25. The first-order valence-electron chi connectivity index (χ1n) is 7.52. The number of aryl methyl sites for hydroxylation is 1. The summed E-state index contributed by atoms with van der Waals surface area (Å²) in [6, 6.07) is 12.5. The number of nitrogens with one attached hydrogen (secondary N) is 2. The molecule has 0 atom stereocenters. The summed E-state index contributed by atoms with van der Waals surface area (Å²) in [4.78, 5) is 26.9. The number of rotatable bonds is 2. The molecular formula is C19H14N2O3. The number of fused-ring (bicyclic) bond motifs is 2. The van der Waals surface area contributed by atoms with Crippen LogP contribution < -0.4 is 5.32 Å². The van der Waals surface area contributed by atoms with Crippen molar-refractivity contribution in [1.82, 2.24) is 4.98 Å². The topological polar surface area (TPSA) is 82.2 Å². The number of H-pyrrole nitrogens is 1. The Kier molecular flexibility index (Phi) is 3.03. The zero-order chi connectivity index (χ0) is 16.8. The van der Waals surface area contributed by atoms with Gasteiger partial charge in [0.15, 0.2) is 0 Å². The molecule has 3 N–H and O–H groups in total. The zero-order valence-corrected chi connectivity index (χ0v) is 12.9. The van der Waals surface area contributed by atoms with E-state index in [1.807, 2.05) is 37.3 Å². The Balaban J connectivity index is 1.92. The Morgan fingerprint density at radius 1 is 1.17 bits per heavy atom. The summed E-state index contributed by atoms with van der Waals surface area (Å²) in [6.07, 6.45) is 1.82. The maximum atomic E-state index is 12.3. The van der Waals surface area contributed by atoms with Crippen molar-refractivity contribution in [2.45, 2.75) is 6.92 Å². The third-order valence-corrected chi connectivity index (χ3v) is 4.28. The molecule has 0 fully saturated rings. The Labute approximate surface area is 137 Å². The van der Waals surface area contributed by atoms with E-state index in [1.54, 1.807) is 6.07 Å². The minimum absolute atomic E-state index is 0.159. The van der Waals surface area contributed by atoms with Crippen LogP contribution in [-0.4, -0.2) is 22.0 Å². The Morgan fingerprint density at radius 2 is 1.96 bits per heavy atom. The monoisotopic (exact) mass is 318 g/mol. The average molecular weight is 318 g/mol. The SMILES string of the molecule is Cc1[nH]c2ccccc2c1C=C1C(=O)Nc2ccc(C(=O)O)cc21. The number of aromatic carboxylic acids is 1. The van der Waals surface area contributed by atoms with Crippen LogP contribution in [0.5, 0.6) is 0 Å². The highest BCUT2D eigenvalue weighted by molar-refractivity contribution is 6.35. The number of carboxylic acid groups (broad SMARTS) is 1. The van der Waals surface area contributed by atoms with Crippen LogP contribution in [-0.2, 0) is 4.79 Å². The largest absolute Gasteiger partial charge is 0.478 e. The van der Waals surface area contributed by atoms with Crippen molar-refractivity contribution >= 4 is 40.1 Å². The lowest BCUT2D eigenvalue weighted by atomic mass is 10.0. The molecule has 24 heavy (non-hydrogen) atoms. The number of aromatic nitrogens is 1. The molecule has 0 saturated carbocycles. The lowest BCUT2D eigenvalue weighted by Crippen LogP contribution is -2.03. The van der Waals surface area contributed by atoms with E-state index in [0.717, 1.165) is 22.2 Å². The Hall–Kier alpha value is -3.34. The summed E-state index contributed by atoms with van der Waals surface area (Å²) < 4.78 is 0. The second kappa shape index (κ2) is 5.09. The molecule has 5 nitrogen and oxygen atoms in total. The van der Waals surface area contributed by atoms with E-state index in [1.165, 1.54) is 12.1 Å². The summed E-state index contributed by atoms with van der Waals surface area (Å²) in [5, 5.41) is 13.0. The van der Waals surface area contributed by atoms with Gasteiger partial charge in [-0.3, -0.25) is 4.79 Å². The van der Waals surface area contributed by atoms with Crippen LogP contribution in [0.15, 0.2) is 42.5 Å². The molecule has 5 heteroatoms. The first-order chi connectivity index (χ1) is 11.5. The van der Waals surface area contributed by atoms with Crippen molar-refractivity contribution < 1.29 is 14.7 Å². The van der Waals surface area contributed by atoms with E-state index in [-0.39, 0.29) is 11.5 Å². The smallest absolute Gasteiger partial charge is 0.335 e. The van der Waals surface area contributed by atoms with E-state index < -0.39 is 5.97 Å². The molecule has 118 valence electrons. The molecule has 0 spiro atoms. The van der Waals surface area contributed by atoms with Crippen LogP contribution >= 0.6 is 0 Å². The van der Waals surface area contributed by atoms with Gasteiger partial charge in [-0.15, -0.1) is 0 Å². The summed E-state index contributed by atoms with van der Waals surface area (Å²) in [6.45, 7) is 1.95. The predicted molar refractivity (Wildman–Crippen MR) is 92.9 cm³/mol. The number of benzene rings is 2. The highest BCUT2D eigenvalue weighted by atomic mass is 16.4. The molecule has 1 aliphatic rings. The molecular weight excluding hydrogens is 304 g/mol. The van der Waals surface area contributed by atoms with Crippen molar-refractivity contribution in [2.75, 3.05) is 5.32 Å². The third-order valence-electron chi connectivity index (χ3n) is 4.28. The molecule has 1 aromatic heterocycles. The van der Waals surface area contributed by atoms with Gasteiger partial charge in [-0.05, 0) is 37.3 Å². The number of carbonyl (C=O) groups is 2. The molecule has 1 aliphatic heterocycles. The summed E-state index contributed by atoms with van der Waals surface area (Å²) >= 11 is 0. The normalized spacial score (nSPS) is 14.9. The average Bonchev–Trinajstić information content (AvgIpc) is 3.04. The highest BCUT2D eigenvalue weighted by Crippen LogP contribution is 2.35. The second-order valence-electron chi connectivity index (χ2n) is 5.79. The molecule has 4 rings (SSSR count).